The first-order valence-corrected chi connectivity index (χ1v) is 10.2. The van der Waals surface area contributed by atoms with E-state index in [0.29, 0.717) is 23.9 Å². The number of fused-ring (bicyclic) bond motifs is 2. The Morgan fingerprint density at radius 1 is 1.27 bits per heavy atom. The lowest BCUT2D eigenvalue weighted by atomic mass is 9.63. The average Bonchev–Trinajstić information content (AvgIpc) is 2.69. The van der Waals surface area contributed by atoms with Gasteiger partial charge in [-0.1, -0.05) is 13.0 Å². The molecule has 2 N–H and O–H groups in total. The van der Waals surface area contributed by atoms with Crippen LogP contribution >= 0.6 is 0 Å². The van der Waals surface area contributed by atoms with Gasteiger partial charge >= 0.3 is 6.03 Å². The van der Waals surface area contributed by atoms with E-state index in [1.807, 2.05) is 24.0 Å². The predicted octanol–water partition coefficient (Wildman–Crippen LogP) is 3.50. The highest BCUT2D eigenvalue weighted by molar-refractivity contribution is 5.92. The molecule has 1 aliphatic heterocycles. The molecule has 2 aromatic rings. The van der Waals surface area contributed by atoms with Crippen molar-refractivity contribution in [1.82, 2.24) is 20.2 Å². The van der Waals surface area contributed by atoms with Crippen molar-refractivity contribution in [2.45, 2.75) is 51.1 Å². The fraction of sp³-hybridized carbons (Fsp3) is 0.455. The van der Waals surface area contributed by atoms with Crippen LogP contribution < -0.4 is 10.6 Å². The Morgan fingerprint density at radius 3 is 2.70 bits per heavy atom. The normalized spacial score (nSPS) is 24.7. The number of nitrogens with zero attached hydrogens (tertiary/aromatic N) is 3. The predicted molar refractivity (Wildman–Crippen MR) is 111 cm³/mol. The highest BCUT2D eigenvalue weighted by Gasteiger charge is 2.58. The SMILES string of the molecule is CNC(=O)CC12CC(C)CC(C1)N2C(=O)Nc1ccc(C)c(-c2ncc(F)cn2)c1. The number of likely N-dealkylation sites (tertiary alicyclic amines) is 1. The van der Waals surface area contributed by atoms with Crippen LogP contribution in [0, 0.1) is 18.7 Å². The molecule has 1 aromatic heterocycles. The van der Waals surface area contributed by atoms with E-state index in [4.69, 9.17) is 0 Å². The summed E-state index contributed by atoms with van der Waals surface area (Å²) in [5.74, 6) is 0.335. The molecule has 1 saturated heterocycles. The fourth-order valence-electron chi connectivity index (χ4n) is 5.04. The maximum absolute atomic E-state index is 13.2. The Morgan fingerprint density at radius 2 is 2.00 bits per heavy atom. The number of urea groups is 1. The summed E-state index contributed by atoms with van der Waals surface area (Å²) in [4.78, 5) is 35.2. The minimum absolute atomic E-state index is 0.0496. The first-order valence-electron chi connectivity index (χ1n) is 10.2. The van der Waals surface area contributed by atoms with Crippen molar-refractivity contribution in [3.63, 3.8) is 0 Å². The molecule has 7 nitrogen and oxygen atoms in total. The minimum Gasteiger partial charge on any atom is -0.359 e. The zero-order valence-corrected chi connectivity index (χ0v) is 17.4. The van der Waals surface area contributed by atoms with Gasteiger partial charge in [-0.3, -0.25) is 4.79 Å². The number of halogens is 1. The van der Waals surface area contributed by atoms with Gasteiger partial charge < -0.3 is 15.5 Å². The average molecular weight is 411 g/mol. The fourth-order valence-corrected chi connectivity index (χ4v) is 5.04. The molecule has 2 bridgehead atoms. The summed E-state index contributed by atoms with van der Waals surface area (Å²) in [7, 11) is 1.62. The third-order valence-electron chi connectivity index (χ3n) is 6.23. The van der Waals surface area contributed by atoms with Crippen LogP contribution in [-0.4, -0.2) is 45.4 Å². The molecule has 3 unspecified atom stereocenters. The third kappa shape index (κ3) is 3.62. The molecule has 2 fully saturated rings. The number of carbonyl (C=O) groups excluding carboxylic acids is 2. The quantitative estimate of drug-likeness (QED) is 0.806. The summed E-state index contributed by atoms with van der Waals surface area (Å²) in [6, 6.07) is 5.45. The van der Waals surface area contributed by atoms with Crippen molar-refractivity contribution in [3.05, 3.63) is 42.0 Å². The van der Waals surface area contributed by atoms with Gasteiger partial charge in [-0.2, -0.15) is 0 Å². The molecular weight excluding hydrogens is 385 g/mol. The van der Waals surface area contributed by atoms with E-state index in [2.05, 4.69) is 27.5 Å². The van der Waals surface area contributed by atoms with E-state index in [1.54, 1.807) is 13.1 Å². The zero-order chi connectivity index (χ0) is 21.5. The number of rotatable bonds is 4. The van der Waals surface area contributed by atoms with Crippen LogP contribution in [0.15, 0.2) is 30.6 Å². The molecule has 2 heterocycles. The highest BCUT2D eigenvalue weighted by Crippen LogP contribution is 2.51. The Bertz CT molecular complexity index is 980. The second-order valence-corrected chi connectivity index (χ2v) is 8.53. The van der Waals surface area contributed by atoms with Crippen LogP contribution in [0.4, 0.5) is 14.9 Å². The van der Waals surface area contributed by atoms with Crippen LogP contribution in [-0.2, 0) is 4.79 Å². The zero-order valence-electron chi connectivity index (χ0n) is 17.4. The molecular formula is C22H26FN5O2. The van der Waals surface area contributed by atoms with Crippen LogP contribution in [0.1, 0.15) is 38.2 Å². The summed E-state index contributed by atoms with van der Waals surface area (Å²) in [6.45, 7) is 4.09. The second kappa shape index (κ2) is 7.66. The maximum atomic E-state index is 13.2. The summed E-state index contributed by atoms with van der Waals surface area (Å²) < 4.78 is 13.2. The molecule has 4 rings (SSSR count). The van der Waals surface area contributed by atoms with E-state index in [1.165, 1.54) is 0 Å². The Labute approximate surface area is 175 Å². The monoisotopic (exact) mass is 411 g/mol. The van der Waals surface area contributed by atoms with E-state index in [-0.39, 0.29) is 18.0 Å². The van der Waals surface area contributed by atoms with E-state index in [0.717, 1.165) is 42.8 Å². The van der Waals surface area contributed by atoms with Crippen molar-refractivity contribution in [2.75, 3.05) is 12.4 Å². The number of aromatic nitrogens is 2. The summed E-state index contributed by atoms with van der Waals surface area (Å²) in [6.07, 6.45) is 5.20. The second-order valence-electron chi connectivity index (χ2n) is 8.53. The highest BCUT2D eigenvalue weighted by atomic mass is 19.1. The molecule has 2 aliphatic rings. The lowest BCUT2D eigenvalue weighted by Crippen LogP contribution is -2.73. The van der Waals surface area contributed by atoms with Crippen molar-refractivity contribution in [3.8, 4) is 11.4 Å². The smallest absolute Gasteiger partial charge is 0.322 e. The topological polar surface area (TPSA) is 87.2 Å². The number of hydrogen-bond donors (Lipinski definition) is 2. The van der Waals surface area contributed by atoms with Gasteiger partial charge in [0.2, 0.25) is 5.91 Å². The molecule has 0 radical (unpaired) electrons. The number of anilines is 1. The van der Waals surface area contributed by atoms with Gasteiger partial charge in [-0.15, -0.1) is 0 Å². The third-order valence-corrected chi connectivity index (χ3v) is 6.23. The summed E-state index contributed by atoms with van der Waals surface area (Å²) in [5, 5.41) is 5.66. The summed E-state index contributed by atoms with van der Waals surface area (Å²) >= 11 is 0. The molecule has 3 amide bonds. The molecule has 1 aromatic carbocycles. The number of amides is 3. The van der Waals surface area contributed by atoms with Crippen LogP contribution in [0.25, 0.3) is 11.4 Å². The number of hydrogen-bond acceptors (Lipinski definition) is 4. The van der Waals surface area contributed by atoms with Crippen molar-refractivity contribution >= 4 is 17.6 Å². The number of nitrogens with one attached hydrogen (secondary N) is 2. The Balaban J connectivity index is 1.56. The molecule has 1 aliphatic carbocycles. The number of benzene rings is 1. The maximum Gasteiger partial charge on any atom is 0.322 e. The van der Waals surface area contributed by atoms with Gasteiger partial charge in [0.05, 0.1) is 24.4 Å². The number of carbonyl (C=O) groups is 2. The van der Waals surface area contributed by atoms with Crippen LogP contribution in [0.3, 0.4) is 0 Å². The van der Waals surface area contributed by atoms with Crippen molar-refractivity contribution < 1.29 is 14.0 Å². The van der Waals surface area contributed by atoms with E-state index < -0.39 is 11.4 Å². The van der Waals surface area contributed by atoms with Gasteiger partial charge in [-0.05, 0) is 49.8 Å². The van der Waals surface area contributed by atoms with Gasteiger partial charge in [0, 0.05) is 24.3 Å². The van der Waals surface area contributed by atoms with Crippen molar-refractivity contribution in [2.24, 2.45) is 5.92 Å². The molecule has 0 spiro atoms. The standard InChI is InChI=1S/C22H26FN5O2/c1-13-6-17-9-22(8-13,10-19(29)24-3)28(17)21(30)27-16-5-4-14(2)18(7-16)20-25-11-15(23)12-26-20/h4-5,7,11-13,17H,6,8-10H2,1-3H3,(H,24,29)(H,27,30). The first-order chi connectivity index (χ1) is 14.3. The lowest BCUT2D eigenvalue weighted by molar-refractivity contribution is -0.134. The largest absolute Gasteiger partial charge is 0.359 e. The Hall–Kier alpha value is -3.03. The van der Waals surface area contributed by atoms with Crippen LogP contribution in [0.2, 0.25) is 0 Å². The molecule has 30 heavy (non-hydrogen) atoms. The summed E-state index contributed by atoms with van der Waals surface area (Å²) in [5.41, 5.74) is 1.84. The Kier molecular flexibility index (Phi) is 5.17. The van der Waals surface area contributed by atoms with Crippen molar-refractivity contribution in [1.29, 1.82) is 0 Å². The van der Waals surface area contributed by atoms with E-state index >= 15 is 0 Å². The number of piperidine rings is 1. The molecule has 1 saturated carbocycles. The van der Waals surface area contributed by atoms with Gasteiger partial charge in [0.15, 0.2) is 11.6 Å². The van der Waals surface area contributed by atoms with Crippen LogP contribution in [0.5, 0.6) is 0 Å². The lowest BCUT2D eigenvalue weighted by Gasteiger charge is -2.63. The van der Waals surface area contributed by atoms with E-state index in [9.17, 15) is 14.0 Å². The molecule has 3 atom stereocenters. The molecule has 8 heteroatoms. The first kappa shape index (κ1) is 20.3. The van der Waals surface area contributed by atoms with Gasteiger partial charge in [-0.25, -0.2) is 19.2 Å². The number of aryl methyl sites for hydroxylation is 1. The molecule has 158 valence electrons. The minimum atomic E-state index is -0.499. The van der Waals surface area contributed by atoms with Gasteiger partial charge in [0.25, 0.3) is 0 Å². The van der Waals surface area contributed by atoms with Gasteiger partial charge in [0.1, 0.15) is 0 Å².